The van der Waals surface area contributed by atoms with E-state index in [1.807, 2.05) is 23.6 Å². The van der Waals surface area contributed by atoms with Gasteiger partial charge in [0.25, 0.3) is 0 Å². The SMILES string of the molecule is C/C(=N\N(C(=O)O)c1ccccc1)c1cccs1. The van der Waals surface area contributed by atoms with Crippen molar-refractivity contribution in [2.24, 2.45) is 5.10 Å². The highest BCUT2D eigenvalue weighted by Crippen LogP contribution is 2.16. The fraction of sp³-hybridized carbons (Fsp3) is 0.0769. The van der Waals surface area contributed by atoms with Gasteiger partial charge < -0.3 is 5.11 Å². The first kappa shape index (κ1) is 12.3. The Kier molecular flexibility index (Phi) is 3.74. The second-order valence-corrected chi connectivity index (χ2v) is 4.54. The third-order valence-electron chi connectivity index (χ3n) is 2.31. The zero-order valence-electron chi connectivity index (χ0n) is 9.78. The molecule has 0 unspecified atom stereocenters. The molecule has 1 aromatic heterocycles. The normalized spacial score (nSPS) is 11.3. The third-order valence-corrected chi connectivity index (χ3v) is 3.29. The molecule has 0 atom stereocenters. The Morgan fingerprint density at radius 3 is 2.50 bits per heavy atom. The van der Waals surface area contributed by atoms with Crippen LogP contribution in [-0.4, -0.2) is 16.9 Å². The van der Waals surface area contributed by atoms with E-state index in [9.17, 15) is 9.90 Å². The predicted octanol–water partition coefficient (Wildman–Crippen LogP) is 3.66. The molecule has 1 amide bonds. The van der Waals surface area contributed by atoms with Crippen molar-refractivity contribution in [3.8, 4) is 0 Å². The fourth-order valence-electron chi connectivity index (χ4n) is 1.46. The molecule has 0 aliphatic rings. The average Bonchev–Trinajstić information content (AvgIpc) is 2.90. The van der Waals surface area contributed by atoms with Crippen molar-refractivity contribution >= 4 is 28.8 Å². The number of benzene rings is 1. The summed E-state index contributed by atoms with van der Waals surface area (Å²) in [5, 5.41) is 16.3. The summed E-state index contributed by atoms with van der Waals surface area (Å²) in [5.41, 5.74) is 1.21. The van der Waals surface area contributed by atoms with Crippen molar-refractivity contribution in [1.29, 1.82) is 0 Å². The molecule has 0 saturated heterocycles. The molecule has 2 aromatic rings. The van der Waals surface area contributed by atoms with Crippen LogP contribution in [-0.2, 0) is 0 Å². The lowest BCUT2D eigenvalue weighted by Crippen LogP contribution is -2.24. The van der Waals surface area contributed by atoms with E-state index in [2.05, 4.69) is 5.10 Å². The van der Waals surface area contributed by atoms with Crippen LogP contribution in [0.3, 0.4) is 0 Å². The first-order valence-corrected chi connectivity index (χ1v) is 6.23. The minimum Gasteiger partial charge on any atom is -0.463 e. The summed E-state index contributed by atoms with van der Waals surface area (Å²) >= 11 is 1.53. The number of carboxylic acid groups (broad SMARTS) is 1. The van der Waals surface area contributed by atoms with E-state index >= 15 is 0 Å². The van der Waals surface area contributed by atoms with Crippen molar-refractivity contribution in [3.05, 3.63) is 52.7 Å². The second kappa shape index (κ2) is 5.46. The number of hydrogen-bond donors (Lipinski definition) is 1. The Labute approximate surface area is 109 Å². The van der Waals surface area contributed by atoms with Crippen LogP contribution in [0, 0.1) is 0 Å². The van der Waals surface area contributed by atoms with Crippen LogP contribution >= 0.6 is 11.3 Å². The number of amides is 1. The average molecular weight is 260 g/mol. The number of hydrazone groups is 1. The maximum atomic E-state index is 11.2. The van der Waals surface area contributed by atoms with E-state index in [-0.39, 0.29) is 0 Å². The van der Waals surface area contributed by atoms with Crippen molar-refractivity contribution in [2.75, 3.05) is 5.01 Å². The lowest BCUT2D eigenvalue weighted by molar-refractivity contribution is 0.202. The molecule has 0 bridgehead atoms. The highest BCUT2D eigenvalue weighted by molar-refractivity contribution is 7.12. The van der Waals surface area contributed by atoms with Crippen LogP contribution < -0.4 is 5.01 Å². The van der Waals surface area contributed by atoms with Crippen LogP contribution in [0.15, 0.2) is 52.9 Å². The summed E-state index contributed by atoms with van der Waals surface area (Å²) in [6.07, 6.45) is -1.10. The largest absolute Gasteiger partial charge is 0.463 e. The molecule has 2 rings (SSSR count). The van der Waals surface area contributed by atoms with E-state index in [4.69, 9.17) is 0 Å². The Hall–Kier alpha value is -2.14. The van der Waals surface area contributed by atoms with Gasteiger partial charge in [0, 0.05) is 0 Å². The van der Waals surface area contributed by atoms with Gasteiger partial charge in [0.1, 0.15) is 0 Å². The Morgan fingerprint density at radius 1 is 1.22 bits per heavy atom. The van der Waals surface area contributed by atoms with Crippen molar-refractivity contribution in [3.63, 3.8) is 0 Å². The number of para-hydroxylation sites is 1. The van der Waals surface area contributed by atoms with E-state index in [1.165, 1.54) is 11.3 Å². The molecule has 5 heteroatoms. The Balaban J connectivity index is 2.33. The summed E-state index contributed by atoms with van der Waals surface area (Å²) in [6, 6.07) is 12.6. The standard InChI is InChI=1S/C13H12N2O2S/c1-10(12-8-5-9-18-12)14-15(13(16)17)11-6-3-2-4-7-11/h2-9H,1H3,(H,16,17)/b14-10+. The van der Waals surface area contributed by atoms with Crippen LogP contribution in [0.4, 0.5) is 10.5 Å². The zero-order valence-corrected chi connectivity index (χ0v) is 10.6. The number of anilines is 1. The number of rotatable bonds is 3. The topological polar surface area (TPSA) is 52.9 Å². The van der Waals surface area contributed by atoms with Gasteiger partial charge in [0.15, 0.2) is 0 Å². The van der Waals surface area contributed by atoms with Crippen molar-refractivity contribution < 1.29 is 9.90 Å². The Morgan fingerprint density at radius 2 is 1.94 bits per heavy atom. The van der Waals surface area contributed by atoms with Gasteiger partial charge in [-0.15, -0.1) is 11.3 Å². The minimum absolute atomic E-state index is 0.529. The smallest absolute Gasteiger partial charge is 0.432 e. The van der Waals surface area contributed by atoms with Crippen LogP contribution in [0.1, 0.15) is 11.8 Å². The van der Waals surface area contributed by atoms with Gasteiger partial charge in [0.05, 0.1) is 16.3 Å². The molecule has 0 aliphatic heterocycles. The molecule has 92 valence electrons. The highest BCUT2D eigenvalue weighted by atomic mass is 32.1. The van der Waals surface area contributed by atoms with Crippen LogP contribution in [0.25, 0.3) is 0 Å². The van der Waals surface area contributed by atoms with E-state index in [0.717, 1.165) is 9.89 Å². The molecule has 1 aromatic carbocycles. The monoisotopic (exact) mass is 260 g/mol. The molecule has 0 spiro atoms. The lowest BCUT2D eigenvalue weighted by Gasteiger charge is -2.14. The highest BCUT2D eigenvalue weighted by Gasteiger charge is 2.13. The first-order chi connectivity index (χ1) is 8.68. The summed E-state index contributed by atoms with van der Waals surface area (Å²) in [5.74, 6) is 0. The van der Waals surface area contributed by atoms with Gasteiger partial charge in [-0.1, -0.05) is 24.3 Å². The molecule has 18 heavy (non-hydrogen) atoms. The lowest BCUT2D eigenvalue weighted by atomic mass is 10.3. The molecule has 0 saturated carbocycles. The summed E-state index contributed by atoms with van der Waals surface area (Å²) in [4.78, 5) is 12.2. The molecule has 0 aliphatic carbocycles. The van der Waals surface area contributed by atoms with Gasteiger partial charge >= 0.3 is 6.09 Å². The predicted molar refractivity (Wildman–Crippen MR) is 73.5 cm³/mol. The van der Waals surface area contributed by atoms with Crippen LogP contribution in [0.2, 0.25) is 0 Å². The maximum Gasteiger partial charge on any atom is 0.432 e. The minimum atomic E-state index is -1.10. The Bertz CT molecular complexity index is 550. The first-order valence-electron chi connectivity index (χ1n) is 5.35. The van der Waals surface area contributed by atoms with Crippen molar-refractivity contribution in [2.45, 2.75) is 6.92 Å². The molecular formula is C13H12N2O2S. The van der Waals surface area contributed by atoms with E-state index in [0.29, 0.717) is 11.4 Å². The molecule has 0 radical (unpaired) electrons. The van der Waals surface area contributed by atoms with Gasteiger partial charge in [-0.25, -0.2) is 4.79 Å². The summed E-state index contributed by atoms with van der Waals surface area (Å²) in [6.45, 7) is 1.80. The number of carbonyl (C=O) groups is 1. The van der Waals surface area contributed by atoms with E-state index in [1.54, 1.807) is 31.2 Å². The van der Waals surface area contributed by atoms with Gasteiger partial charge in [-0.3, -0.25) is 0 Å². The summed E-state index contributed by atoms with van der Waals surface area (Å²) in [7, 11) is 0. The quantitative estimate of drug-likeness (QED) is 0.676. The van der Waals surface area contributed by atoms with Gasteiger partial charge in [0.2, 0.25) is 0 Å². The zero-order chi connectivity index (χ0) is 13.0. The molecule has 1 heterocycles. The third kappa shape index (κ3) is 2.75. The second-order valence-electron chi connectivity index (χ2n) is 3.59. The van der Waals surface area contributed by atoms with Gasteiger partial charge in [-0.05, 0) is 30.5 Å². The number of hydrogen-bond acceptors (Lipinski definition) is 3. The van der Waals surface area contributed by atoms with E-state index < -0.39 is 6.09 Å². The number of thiophene rings is 1. The molecular weight excluding hydrogens is 248 g/mol. The molecule has 0 fully saturated rings. The van der Waals surface area contributed by atoms with Gasteiger partial charge in [-0.2, -0.15) is 10.1 Å². The number of nitrogens with zero attached hydrogens (tertiary/aromatic N) is 2. The van der Waals surface area contributed by atoms with Crippen molar-refractivity contribution in [1.82, 2.24) is 0 Å². The molecule has 4 nitrogen and oxygen atoms in total. The molecule has 1 N–H and O–H groups in total. The maximum absolute atomic E-state index is 11.2. The fourth-order valence-corrected chi connectivity index (χ4v) is 2.14. The summed E-state index contributed by atoms with van der Waals surface area (Å²) < 4.78 is 0. The van der Waals surface area contributed by atoms with Crippen LogP contribution in [0.5, 0.6) is 0 Å².